The van der Waals surface area contributed by atoms with Crippen LogP contribution >= 0.6 is 0 Å². The van der Waals surface area contributed by atoms with Crippen molar-refractivity contribution in [3.63, 3.8) is 0 Å². The van der Waals surface area contributed by atoms with Gasteiger partial charge >= 0.3 is 0 Å². The summed E-state index contributed by atoms with van der Waals surface area (Å²) in [5, 5.41) is 0. The maximum absolute atomic E-state index is 12.5. The molecule has 27 heavy (non-hydrogen) atoms. The Hall–Kier alpha value is -2.17. The summed E-state index contributed by atoms with van der Waals surface area (Å²) in [5.74, 6) is 0. The van der Waals surface area contributed by atoms with Gasteiger partial charge in [0, 0.05) is 12.1 Å². The van der Waals surface area contributed by atoms with Gasteiger partial charge in [-0.2, -0.15) is 0 Å². The van der Waals surface area contributed by atoms with E-state index >= 15 is 0 Å². The summed E-state index contributed by atoms with van der Waals surface area (Å²) < 4.78 is 33.6. The van der Waals surface area contributed by atoms with Gasteiger partial charge in [-0.3, -0.25) is 0 Å². The molecular formula is C22H25NO3S. The van der Waals surface area contributed by atoms with E-state index in [0.717, 1.165) is 27.8 Å². The summed E-state index contributed by atoms with van der Waals surface area (Å²) in [7, 11) is -3.55. The van der Waals surface area contributed by atoms with Crippen LogP contribution in [0, 0.1) is 6.92 Å². The molecule has 0 amide bonds. The first kappa shape index (κ1) is 19.6. The lowest BCUT2D eigenvalue weighted by Crippen LogP contribution is -2.30. The molecule has 0 unspecified atom stereocenters. The Kier molecular flexibility index (Phi) is 5.41. The van der Waals surface area contributed by atoms with Crippen LogP contribution in [0.3, 0.4) is 0 Å². The van der Waals surface area contributed by atoms with Crippen molar-refractivity contribution in [3.8, 4) is 0 Å². The normalized spacial score (nSPS) is 15.8. The van der Waals surface area contributed by atoms with Gasteiger partial charge in [0.2, 0.25) is 10.0 Å². The second-order valence-electron chi connectivity index (χ2n) is 7.37. The Morgan fingerprint density at radius 2 is 1.81 bits per heavy atom. The third kappa shape index (κ3) is 4.40. The largest absolute Gasteiger partial charge is 0.366 e. The highest BCUT2D eigenvalue weighted by atomic mass is 32.2. The predicted molar refractivity (Wildman–Crippen MR) is 108 cm³/mol. The lowest BCUT2D eigenvalue weighted by Gasteiger charge is -2.33. The van der Waals surface area contributed by atoms with Gasteiger partial charge in [-0.1, -0.05) is 42.0 Å². The average molecular weight is 384 g/mol. The maximum atomic E-state index is 12.5. The van der Waals surface area contributed by atoms with Crippen molar-refractivity contribution in [2.24, 2.45) is 0 Å². The highest BCUT2D eigenvalue weighted by Gasteiger charge is 2.31. The minimum Gasteiger partial charge on any atom is -0.366 e. The van der Waals surface area contributed by atoms with E-state index in [-0.39, 0.29) is 11.4 Å². The van der Waals surface area contributed by atoms with Gasteiger partial charge in [-0.05, 0) is 56.5 Å². The molecule has 0 saturated carbocycles. The number of nitrogens with one attached hydrogen (secondary N) is 1. The molecule has 2 aromatic carbocycles. The molecule has 1 aliphatic heterocycles. The van der Waals surface area contributed by atoms with Crippen LogP contribution in [-0.2, 0) is 21.4 Å². The van der Waals surface area contributed by atoms with Crippen molar-refractivity contribution in [3.05, 3.63) is 76.5 Å². The zero-order valence-corrected chi connectivity index (χ0v) is 17.0. The van der Waals surface area contributed by atoms with Gasteiger partial charge in [0.1, 0.15) is 0 Å². The third-order valence-corrected chi connectivity index (χ3v) is 6.09. The fourth-order valence-corrected chi connectivity index (χ4v) is 4.09. The molecule has 4 nitrogen and oxygen atoms in total. The number of hydrogen-bond donors (Lipinski definition) is 1. The Morgan fingerprint density at radius 3 is 2.52 bits per heavy atom. The quantitative estimate of drug-likeness (QED) is 0.805. The summed E-state index contributed by atoms with van der Waals surface area (Å²) in [4.78, 5) is 0.264. The SMILES string of the molecule is CC(=C=C1c2ccccc2COC1(C)C)CNS(=O)(=O)c1ccc(C)cc1. The van der Waals surface area contributed by atoms with Crippen molar-refractivity contribution in [2.45, 2.75) is 44.8 Å². The number of hydrogen-bond acceptors (Lipinski definition) is 3. The van der Waals surface area contributed by atoms with Crippen molar-refractivity contribution in [1.82, 2.24) is 4.72 Å². The lowest BCUT2D eigenvalue weighted by atomic mass is 9.86. The molecule has 5 heteroatoms. The van der Waals surface area contributed by atoms with Crippen molar-refractivity contribution in [2.75, 3.05) is 6.54 Å². The fourth-order valence-electron chi connectivity index (χ4n) is 3.02. The molecular weight excluding hydrogens is 358 g/mol. The minimum atomic E-state index is -3.55. The molecule has 0 bridgehead atoms. The zero-order valence-electron chi connectivity index (χ0n) is 16.2. The van der Waals surface area contributed by atoms with Crippen LogP contribution in [0.1, 0.15) is 37.5 Å². The molecule has 0 radical (unpaired) electrons. The molecule has 0 fully saturated rings. The highest BCUT2D eigenvalue weighted by Crippen LogP contribution is 2.37. The number of fused-ring (bicyclic) bond motifs is 1. The first-order chi connectivity index (χ1) is 12.7. The average Bonchev–Trinajstić information content (AvgIpc) is 2.63. The Balaban J connectivity index is 1.89. The molecule has 0 saturated heterocycles. The van der Waals surface area contributed by atoms with Crippen LogP contribution < -0.4 is 4.72 Å². The topological polar surface area (TPSA) is 55.4 Å². The second kappa shape index (κ2) is 7.45. The lowest BCUT2D eigenvalue weighted by molar-refractivity contribution is 0.00803. The monoisotopic (exact) mass is 383 g/mol. The van der Waals surface area contributed by atoms with E-state index in [1.165, 1.54) is 0 Å². The molecule has 1 aliphatic rings. The molecule has 2 aromatic rings. The number of rotatable bonds is 4. The van der Waals surface area contributed by atoms with Gasteiger partial charge in [-0.15, -0.1) is 5.73 Å². The summed E-state index contributed by atoms with van der Waals surface area (Å²) in [6, 6.07) is 14.9. The highest BCUT2D eigenvalue weighted by molar-refractivity contribution is 7.89. The van der Waals surface area contributed by atoms with Crippen molar-refractivity contribution >= 4 is 15.6 Å². The first-order valence-corrected chi connectivity index (χ1v) is 10.4. The number of ether oxygens (including phenoxy) is 1. The fraction of sp³-hybridized carbons (Fsp3) is 0.318. The summed E-state index contributed by atoms with van der Waals surface area (Å²) in [6.07, 6.45) is 0. The van der Waals surface area contributed by atoms with Crippen LogP contribution in [0.15, 0.2) is 64.7 Å². The Morgan fingerprint density at radius 1 is 1.15 bits per heavy atom. The molecule has 1 heterocycles. The van der Waals surface area contributed by atoms with Gasteiger partial charge in [-0.25, -0.2) is 13.1 Å². The molecule has 3 rings (SSSR count). The van der Waals surface area contributed by atoms with Crippen LogP contribution in [0.25, 0.3) is 5.57 Å². The van der Waals surface area contributed by atoms with Gasteiger partial charge in [0.25, 0.3) is 0 Å². The molecule has 1 N–H and O–H groups in total. The molecule has 0 aromatic heterocycles. The Labute approximate surface area is 161 Å². The van der Waals surface area contributed by atoms with Crippen LogP contribution in [0.4, 0.5) is 0 Å². The van der Waals surface area contributed by atoms with Gasteiger partial charge in [0.05, 0.1) is 17.1 Å². The van der Waals surface area contributed by atoms with E-state index in [9.17, 15) is 8.42 Å². The second-order valence-corrected chi connectivity index (χ2v) is 9.14. The number of aryl methyl sites for hydroxylation is 1. The Bertz CT molecular complexity index is 1010. The predicted octanol–water partition coefficient (Wildman–Crippen LogP) is 4.21. The van der Waals surface area contributed by atoms with E-state index < -0.39 is 15.6 Å². The number of benzene rings is 2. The summed E-state index contributed by atoms with van der Waals surface area (Å²) >= 11 is 0. The molecule has 142 valence electrons. The van der Waals surface area contributed by atoms with Gasteiger partial charge < -0.3 is 4.74 Å². The van der Waals surface area contributed by atoms with Crippen molar-refractivity contribution < 1.29 is 13.2 Å². The van der Waals surface area contributed by atoms with Crippen LogP contribution in [0.2, 0.25) is 0 Å². The van der Waals surface area contributed by atoms with Crippen molar-refractivity contribution in [1.29, 1.82) is 0 Å². The standard InChI is InChI=1S/C22H25NO3S/c1-16-9-11-19(12-10-16)27(24,25)23-14-17(2)13-21-20-8-6-5-7-18(20)15-26-22(21,3)4/h5-12,23H,14-15H2,1-4H3. The number of sulfonamides is 1. The first-order valence-electron chi connectivity index (χ1n) is 8.94. The maximum Gasteiger partial charge on any atom is 0.240 e. The zero-order chi connectivity index (χ0) is 19.7. The van der Waals surface area contributed by atoms with Crippen LogP contribution in [-0.4, -0.2) is 20.6 Å². The summed E-state index contributed by atoms with van der Waals surface area (Å²) in [6.45, 7) is 8.57. The van der Waals surface area contributed by atoms with E-state index in [4.69, 9.17) is 4.74 Å². The molecule has 0 aliphatic carbocycles. The van der Waals surface area contributed by atoms with Gasteiger partial charge in [0.15, 0.2) is 0 Å². The molecule has 0 atom stereocenters. The third-order valence-electron chi connectivity index (χ3n) is 4.67. The minimum absolute atomic E-state index is 0.192. The van der Waals surface area contributed by atoms with E-state index in [1.54, 1.807) is 24.3 Å². The van der Waals surface area contributed by atoms with Crippen LogP contribution in [0.5, 0.6) is 0 Å². The van der Waals surface area contributed by atoms with E-state index in [1.807, 2.05) is 45.9 Å². The smallest absolute Gasteiger partial charge is 0.240 e. The molecule has 0 spiro atoms. The van der Waals surface area contributed by atoms with E-state index in [2.05, 4.69) is 16.5 Å². The summed E-state index contributed by atoms with van der Waals surface area (Å²) in [5.41, 5.74) is 7.89. The van der Waals surface area contributed by atoms with E-state index in [0.29, 0.717) is 6.61 Å².